The van der Waals surface area contributed by atoms with E-state index in [0.29, 0.717) is 0 Å². The Labute approximate surface area is 141 Å². The van der Waals surface area contributed by atoms with Crippen LogP contribution in [0.5, 0.6) is 0 Å². The number of rotatable bonds is 8. The lowest BCUT2D eigenvalue weighted by Crippen LogP contribution is -2.25. The second kappa shape index (κ2) is 8.14. The number of aryl methyl sites for hydroxylation is 1. The van der Waals surface area contributed by atoms with Gasteiger partial charge in [0.15, 0.2) is 0 Å². The lowest BCUT2D eigenvalue weighted by molar-refractivity contribution is 0.742. The van der Waals surface area contributed by atoms with Gasteiger partial charge in [0.2, 0.25) is 0 Å². The van der Waals surface area contributed by atoms with E-state index in [2.05, 4.69) is 68.4 Å². The third-order valence-electron chi connectivity index (χ3n) is 4.60. The van der Waals surface area contributed by atoms with Gasteiger partial charge in [-0.2, -0.15) is 0 Å². The van der Waals surface area contributed by atoms with Crippen molar-refractivity contribution in [2.75, 3.05) is 18.0 Å². The fraction of sp³-hybridized carbons (Fsp3) is 0.476. The van der Waals surface area contributed by atoms with E-state index >= 15 is 0 Å². The molecule has 2 nitrogen and oxygen atoms in total. The van der Waals surface area contributed by atoms with Gasteiger partial charge in [0.25, 0.3) is 0 Å². The molecule has 0 amide bonds. The molecule has 0 unspecified atom stereocenters. The monoisotopic (exact) mass is 310 g/mol. The zero-order chi connectivity index (χ0) is 16.8. The summed E-state index contributed by atoms with van der Waals surface area (Å²) in [4.78, 5) is 7.12. The van der Waals surface area contributed by atoms with Gasteiger partial charge >= 0.3 is 0 Å². The second-order valence-corrected chi connectivity index (χ2v) is 6.40. The molecule has 0 N–H and O–H groups in total. The van der Waals surface area contributed by atoms with Crippen molar-refractivity contribution in [3.05, 3.63) is 47.6 Å². The number of allylic oxidation sites excluding steroid dienone is 3. The number of anilines is 1. The molecule has 23 heavy (non-hydrogen) atoms. The van der Waals surface area contributed by atoms with Crippen molar-refractivity contribution in [1.29, 1.82) is 0 Å². The first-order chi connectivity index (χ1) is 11.1. The fourth-order valence-corrected chi connectivity index (χ4v) is 2.86. The molecular weight excluding hydrogens is 280 g/mol. The van der Waals surface area contributed by atoms with Crippen molar-refractivity contribution in [1.82, 2.24) is 0 Å². The molecule has 124 valence electrons. The summed E-state index contributed by atoms with van der Waals surface area (Å²) in [5, 5.41) is 0. The van der Waals surface area contributed by atoms with Crippen LogP contribution in [-0.2, 0) is 0 Å². The normalized spacial score (nSPS) is 15.2. The van der Waals surface area contributed by atoms with Crippen LogP contribution >= 0.6 is 0 Å². The largest absolute Gasteiger partial charge is 0.372 e. The highest BCUT2D eigenvalue weighted by molar-refractivity contribution is 5.86. The summed E-state index contributed by atoms with van der Waals surface area (Å²) in [5.74, 6) is 0.907. The van der Waals surface area contributed by atoms with Crippen molar-refractivity contribution < 1.29 is 0 Å². The molecule has 0 aliphatic heterocycles. The van der Waals surface area contributed by atoms with E-state index in [4.69, 9.17) is 0 Å². The molecule has 0 saturated heterocycles. The summed E-state index contributed by atoms with van der Waals surface area (Å²) in [6.07, 6.45) is 7.78. The molecule has 1 aromatic rings. The highest BCUT2D eigenvalue weighted by Crippen LogP contribution is 2.32. The first kappa shape index (κ1) is 17.5. The van der Waals surface area contributed by atoms with Crippen molar-refractivity contribution in [3.63, 3.8) is 0 Å². The molecule has 0 radical (unpaired) electrons. The Morgan fingerprint density at radius 2 is 2.09 bits per heavy atom. The second-order valence-electron chi connectivity index (χ2n) is 6.40. The van der Waals surface area contributed by atoms with E-state index in [1.54, 1.807) is 0 Å². The van der Waals surface area contributed by atoms with Crippen molar-refractivity contribution in [3.8, 4) is 0 Å². The van der Waals surface area contributed by atoms with Crippen molar-refractivity contribution in [2.24, 2.45) is 10.9 Å². The molecule has 0 atom stereocenters. The van der Waals surface area contributed by atoms with E-state index in [1.165, 1.54) is 36.2 Å². The Balaban J connectivity index is 2.10. The summed E-state index contributed by atoms with van der Waals surface area (Å²) in [5.41, 5.74) is 5.83. The molecule has 1 aromatic carbocycles. The van der Waals surface area contributed by atoms with Gasteiger partial charge in [-0.3, -0.25) is 4.99 Å². The Morgan fingerprint density at radius 3 is 2.61 bits per heavy atom. The highest BCUT2D eigenvalue weighted by atomic mass is 15.1. The van der Waals surface area contributed by atoms with Gasteiger partial charge in [-0.05, 0) is 80.9 Å². The van der Waals surface area contributed by atoms with E-state index < -0.39 is 0 Å². The van der Waals surface area contributed by atoms with Gasteiger partial charge in [-0.25, -0.2) is 0 Å². The zero-order valence-electron chi connectivity index (χ0n) is 15.1. The maximum atomic E-state index is 4.64. The number of aliphatic imine (C=N–C) groups is 1. The van der Waals surface area contributed by atoms with E-state index in [0.717, 1.165) is 30.1 Å². The molecule has 0 bridgehead atoms. The third kappa shape index (κ3) is 4.82. The van der Waals surface area contributed by atoms with Crippen LogP contribution in [0.1, 0.15) is 45.6 Å². The van der Waals surface area contributed by atoms with E-state index in [9.17, 15) is 0 Å². The molecule has 2 rings (SSSR count). The number of hydrogen-bond donors (Lipinski definition) is 0. The van der Waals surface area contributed by atoms with Crippen LogP contribution in [0.3, 0.4) is 0 Å². The Kier molecular flexibility index (Phi) is 6.20. The minimum Gasteiger partial charge on any atom is -0.372 e. The summed E-state index contributed by atoms with van der Waals surface area (Å²) in [7, 11) is 0. The number of hydrogen-bond acceptors (Lipinski definition) is 2. The summed E-state index contributed by atoms with van der Waals surface area (Å²) in [6, 6.07) is 6.59. The zero-order valence-corrected chi connectivity index (χ0v) is 15.1. The van der Waals surface area contributed by atoms with Crippen molar-refractivity contribution >= 4 is 17.6 Å². The van der Waals surface area contributed by atoms with Crippen LogP contribution < -0.4 is 4.90 Å². The van der Waals surface area contributed by atoms with Crippen LogP contribution in [-0.4, -0.2) is 19.3 Å². The summed E-state index contributed by atoms with van der Waals surface area (Å²) in [6.45, 7) is 14.9. The van der Waals surface area contributed by atoms with Gasteiger partial charge in [-0.1, -0.05) is 19.6 Å². The molecular formula is C21H30N2. The minimum absolute atomic E-state index is 0.907. The van der Waals surface area contributed by atoms with E-state index in [-0.39, 0.29) is 0 Å². The first-order valence-corrected chi connectivity index (χ1v) is 8.83. The smallest absolute Gasteiger partial charge is 0.0660 e. The fourth-order valence-electron chi connectivity index (χ4n) is 2.86. The lowest BCUT2D eigenvalue weighted by Gasteiger charge is -2.23. The molecule has 1 aliphatic rings. The Morgan fingerprint density at radius 1 is 1.35 bits per heavy atom. The molecule has 0 aromatic heterocycles. The molecule has 1 saturated carbocycles. The summed E-state index contributed by atoms with van der Waals surface area (Å²) >= 11 is 0. The topological polar surface area (TPSA) is 15.6 Å². The molecule has 0 heterocycles. The predicted molar refractivity (Wildman–Crippen MR) is 103 cm³/mol. The van der Waals surface area contributed by atoms with Gasteiger partial charge in [0.05, 0.1) is 5.69 Å². The number of nitrogens with zero attached hydrogens (tertiary/aromatic N) is 2. The molecule has 1 aliphatic carbocycles. The van der Waals surface area contributed by atoms with Gasteiger partial charge in [-0.15, -0.1) is 0 Å². The van der Waals surface area contributed by atoms with Gasteiger partial charge < -0.3 is 4.90 Å². The maximum absolute atomic E-state index is 4.64. The highest BCUT2D eigenvalue weighted by Gasteiger charge is 2.23. The molecule has 2 heteroatoms. The third-order valence-corrected chi connectivity index (χ3v) is 4.60. The van der Waals surface area contributed by atoms with E-state index in [1.807, 2.05) is 6.21 Å². The van der Waals surface area contributed by atoms with Gasteiger partial charge in [0.1, 0.15) is 0 Å². The molecule has 0 spiro atoms. The minimum atomic E-state index is 0.907. The Hall–Kier alpha value is -1.83. The molecule has 1 fully saturated rings. The average Bonchev–Trinajstić information content (AvgIpc) is 3.36. The quantitative estimate of drug-likeness (QED) is 0.434. The average molecular weight is 310 g/mol. The maximum Gasteiger partial charge on any atom is 0.0660 e. The SMILES string of the molecule is C=C(C=Nc1ccc(N(CC)CC2CC2)cc1C)/C(=C/C)CC. The lowest BCUT2D eigenvalue weighted by atomic mass is 10.1. The van der Waals surface area contributed by atoms with Crippen molar-refractivity contribution in [2.45, 2.75) is 47.0 Å². The standard InChI is InChI=1S/C21H30N2/c1-6-19(7-2)17(5)14-22-21-12-11-20(13-16(21)4)23(8-3)15-18-9-10-18/h6,11-14,18H,5,7-10,15H2,1-4H3/b19-6+,22-14?. The first-order valence-electron chi connectivity index (χ1n) is 8.83. The van der Waals surface area contributed by atoms with Crippen LogP contribution in [0.15, 0.2) is 47.0 Å². The number of benzene rings is 1. The van der Waals surface area contributed by atoms with Crippen LogP contribution in [0.2, 0.25) is 0 Å². The van der Waals surface area contributed by atoms with Gasteiger partial charge in [0, 0.05) is 25.0 Å². The van der Waals surface area contributed by atoms with Crippen LogP contribution in [0.4, 0.5) is 11.4 Å². The summed E-state index contributed by atoms with van der Waals surface area (Å²) < 4.78 is 0. The predicted octanol–water partition coefficient (Wildman–Crippen LogP) is 5.85. The van der Waals surface area contributed by atoms with Crippen LogP contribution in [0, 0.1) is 12.8 Å². The van der Waals surface area contributed by atoms with Crippen LogP contribution in [0.25, 0.3) is 0 Å². The Bertz CT molecular complexity index is 606.